The molecule has 0 N–H and O–H groups in total. The predicted octanol–water partition coefficient (Wildman–Crippen LogP) is 4.56. The molecule has 19 heavy (non-hydrogen) atoms. The molecule has 0 radical (unpaired) electrons. The molecule has 100 valence electrons. The number of nitrogens with zero attached hydrogens (tertiary/aromatic N) is 1. The van der Waals surface area contributed by atoms with Gasteiger partial charge >= 0.3 is 0 Å². The highest BCUT2D eigenvalue weighted by molar-refractivity contribution is 5.24. The molecule has 0 aliphatic heterocycles. The van der Waals surface area contributed by atoms with Crippen LogP contribution in [0.15, 0.2) is 48.7 Å². The van der Waals surface area contributed by atoms with Crippen LogP contribution in [0.3, 0.4) is 0 Å². The molecule has 0 saturated heterocycles. The average molecular weight is 255 g/mol. The quantitative estimate of drug-likeness (QED) is 0.798. The second-order valence-corrected chi connectivity index (χ2v) is 4.47. The van der Waals surface area contributed by atoms with Crippen molar-refractivity contribution in [1.29, 1.82) is 0 Å². The van der Waals surface area contributed by atoms with Crippen LogP contribution in [0.4, 0.5) is 0 Å². The molecule has 1 aliphatic carbocycles. The third kappa shape index (κ3) is 4.09. The molecule has 0 amide bonds. The van der Waals surface area contributed by atoms with Crippen molar-refractivity contribution in [1.82, 2.24) is 4.98 Å². The van der Waals surface area contributed by atoms with Crippen LogP contribution in [-0.4, -0.2) is 4.98 Å². The number of aromatic nitrogens is 1. The molecule has 2 heteroatoms. The Hall–Kier alpha value is -1.83. The first kappa shape index (κ1) is 13.6. The lowest BCUT2D eigenvalue weighted by Gasteiger charge is -2.06. The van der Waals surface area contributed by atoms with Gasteiger partial charge in [-0.1, -0.05) is 44.2 Å². The van der Waals surface area contributed by atoms with E-state index in [1.165, 1.54) is 24.1 Å². The molecule has 0 atom stereocenters. The molecular formula is C17H21NO. The number of rotatable bonds is 4. The Morgan fingerprint density at radius 1 is 1.05 bits per heavy atom. The minimum atomic E-state index is 0.602. The van der Waals surface area contributed by atoms with Gasteiger partial charge in [-0.25, -0.2) is 0 Å². The van der Waals surface area contributed by atoms with Crippen molar-refractivity contribution in [2.45, 2.75) is 39.2 Å². The highest BCUT2D eigenvalue weighted by Gasteiger charge is 2.24. The summed E-state index contributed by atoms with van der Waals surface area (Å²) >= 11 is 0. The van der Waals surface area contributed by atoms with Crippen LogP contribution in [0.25, 0.3) is 0 Å². The van der Waals surface area contributed by atoms with Gasteiger partial charge in [0.15, 0.2) is 0 Å². The van der Waals surface area contributed by atoms with Crippen LogP contribution in [0.2, 0.25) is 0 Å². The maximum absolute atomic E-state index is 5.68. The standard InChI is InChI=1S/C15H15NO.C2H6/c1-2-4-12(5-3-1)11-17-14-8-9-15(16-10-14)13-6-7-13;1-2/h1-5,8-10,13H,6-7,11H2;1-2H3. The number of benzene rings is 1. The topological polar surface area (TPSA) is 22.1 Å². The fourth-order valence-corrected chi connectivity index (χ4v) is 1.84. The maximum Gasteiger partial charge on any atom is 0.138 e. The van der Waals surface area contributed by atoms with Gasteiger partial charge in [0.05, 0.1) is 6.20 Å². The lowest BCUT2D eigenvalue weighted by atomic mass is 10.2. The number of pyridine rings is 1. The average Bonchev–Trinajstić information content (AvgIpc) is 3.34. The molecule has 1 aromatic heterocycles. The van der Waals surface area contributed by atoms with Crippen molar-refractivity contribution in [3.05, 3.63) is 59.9 Å². The van der Waals surface area contributed by atoms with E-state index in [-0.39, 0.29) is 0 Å². The second-order valence-electron chi connectivity index (χ2n) is 4.47. The normalized spacial score (nSPS) is 13.4. The highest BCUT2D eigenvalue weighted by atomic mass is 16.5. The van der Waals surface area contributed by atoms with Gasteiger partial charge in [0.25, 0.3) is 0 Å². The van der Waals surface area contributed by atoms with Gasteiger partial charge in [0, 0.05) is 11.6 Å². The molecule has 3 rings (SSSR count). The van der Waals surface area contributed by atoms with Crippen LogP contribution in [-0.2, 0) is 6.61 Å². The summed E-state index contributed by atoms with van der Waals surface area (Å²) < 4.78 is 5.68. The SMILES string of the molecule is CC.c1ccc(COc2ccc(C3CC3)nc2)cc1. The summed E-state index contributed by atoms with van der Waals surface area (Å²) in [5.41, 5.74) is 2.39. The molecule has 0 spiro atoms. The summed E-state index contributed by atoms with van der Waals surface area (Å²) in [4.78, 5) is 4.43. The lowest BCUT2D eigenvalue weighted by Crippen LogP contribution is -1.96. The molecule has 1 fully saturated rings. The summed E-state index contributed by atoms with van der Waals surface area (Å²) in [5, 5.41) is 0. The third-order valence-corrected chi connectivity index (χ3v) is 3.00. The van der Waals surface area contributed by atoms with E-state index < -0.39 is 0 Å². The number of hydrogen-bond acceptors (Lipinski definition) is 2. The van der Waals surface area contributed by atoms with Gasteiger partial charge < -0.3 is 4.74 Å². The summed E-state index contributed by atoms with van der Waals surface area (Å²) in [7, 11) is 0. The molecule has 1 saturated carbocycles. The zero-order valence-corrected chi connectivity index (χ0v) is 11.7. The van der Waals surface area contributed by atoms with Crippen molar-refractivity contribution in [3.8, 4) is 5.75 Å². The molecule has 1 heterocycles. The largest absolute Gasteiger partial charge is 0.487 e. The minimum Gasteiger partial charge on any atom is -0.487 e. The van der Waals surface area contributed by atoms with Crippen LogP contribution in [0, 0.1) is 0 Å². The molecule has 1 aromatic carbocycles. The van der Waals surface area contributed by atoms with Gasteiger partial charge in [-0.2, -0.15) is 0 Å². The third-order valence-electron chi connectivity index (χ3n) is 3.00. The van der Waals surface area contributed by atoms with Crippen LogP contribution in [0.5, 0.6) is 5.75 Å². The zero-order valence-electron chi connectivity index (χ0n) is 11.7. The van der Waals surface area contributed by atoms with E-state index in [0.717, 1.165) is 5.75 Å². The van der Waals surface area contributed by atoms with Crippen molar-refractivity contribution >= 4 is 0 Å². The molecule has 1 aliphatic rings. The Morgan fingerprint density at radius 3 is 2.37 bits per heavy atom. The van der Waals surface area contributed by atoms with Crippen LogP contribution >= 0.6 is 0 Å². The molecule has 0 bridgehead atoms. The Labute approximate surface area is 115 Å². The van der Waals surface area contributed by atoms with E-state index in [1.54, 1.807) is 0 Å². The fourth-order valence-electron chi connectivity index (χ4n) is 1.84. The maximum atomic E-state index is 5.68. The van der Waals surface area contributed by atoms with Crippen molar-refractivity contribution in [2.75, 3.05) is 0 Å². The molecular weight excluding hydrogens is 234 g/mol. The van der Waals surface area contributed by atoms with E-state index in [2.05, 4.69) is 23.2 Å². The van der Waals surface area contributed by atoms with Gasteiger partial charge in [0.1, 0.15) is 12.4 Å². The Balaban J connectivity index is 0.000000637. The van der Waals surface area contributed by atoms with Crippen LogP contribution < -0.4 is 4.74 Å². The fraction of sp³-hybridized carbons (Fsp3) is 0.353. The first-order valence-electron chi connectivity index (χ1n) is 7.04. The highest BCUT2D eigenvalue weighted by Crippen LogP contribution is 2.39. The van der Waals surface area contributed by atoms with E-state index >= 15 is 0 Å². The number of hydrogen-bond donors (Lipinski definition) is 0. The monoisotopic (exact) mass is 255 g/mol. The zero-order chi connectivity index (χ0) is 13.5. The summed E-state index contributed by atoms with van der Waals surface area (Å²) in [5.74, 6) is 1.55. The van der Waals surface area contributed by atoms with Crippen LogP contribution in [0.1, 0.15) is 43.9 Å². The smallest absolute Gasteiger partial charge is 0.138 e. The minimum absolute atomic E-state index is 0.602. The lowest BCUT2D eigenvalue weighted by molar-refractivity contribution is 0.305. The Bertz CT molecular complexity index is 474. The van der Waals surface area contributed by atoms with E-state index in [9.17, 15) is 0 Å². The summed E-state index contributed by atoms with van der Waals surface area (Å²) in [6.07, 6.45) is 4.41. The molecule has 2 nitrogen and oxygen atoms in total. The second kappa shape index (κ2) is 6.93. The summed E-state index contributed by atoms with van der Waals surface area (Å²) in [6, 6.07) is 14.3. The molecule has 2 aromatic rings. The summed E-state index contributed by atoms with van der Waals surface area (Å²) in [6.45, 7) is 4.60. The van der Waals surface area contributed by atoms with Crippen molar-refractivity contribution < 1.29 is 4.74 Å². The number of ether oxygens (including phenoxy) is 1. The van der Waals surface area contributed by atoms with Gasteiger partial charge in [-0.15, -0.1) is 0 Å². The molecule has 0 unspecified atom stereocenters. The van der Waals surface area contributed by atoms with Gasteiger partial charge in [-0.3, -0.25) is 4.98 Å². The predicted molar refractivity (Wildman–Crippen MR) is 78.3 cm³/mol. The van der Waals surface area contributed by atoms with E-state index in [4.69, 9.17) is 4.74 Å². The Kier molecular flexibility index (Phi) is 4.96. The van der Waals surface area contributed by atoms with Gasteiger partial charge in [-0.05, 0) is 30.5 Å². The first-order valence-corrected chi connectivity index (χ1v) is 7.04. The first-order chi connectivity index (χ1) is 9.42. The van der Waals surface area contributed by atoms with E-state index in [0.29, 0.717) is 12.5 Å². The Morgan fingerprint density at radius 2 is 1.79 bits per heavy atom. The van der Waals surface area contributed by atoms with Crippen molar-refractivity contribution in [2.24, 2.45) is 0 Å². The van der Waals surface area contributed by atoms with E-state index in [1.807, 2.05) is 44.3 Å². The van der Waals surface area contributed by atoms with Gasteiger partial charge in [0.2, 0.25) is 0 Å². The van der Waals surface area contributed by atoms with Crippen molar-refractivity contribution in [3.63, 3.8) is 0 Å².